The molecule has 0 amide bonds. The van der Waals surface area contributed by atoms with Crippen molar-refractivity contribution in [2.45, 2.75) is 4.58 Å². The minimum atomic E-state index is -3.59. The van der Waals surface area contributed by atoms with E-state index in [1.54, 1.807) is 0 Å². The topological polar surface area (TPSA) is 0 Å². The van der Waals surface area contributed by atoms with E-state index >= 15 is 0 Å². The molecular formula is C13H11Cl4P. The van der Waals surface area contributed by atoms with Crippen LogP contribution in [0.3, 0.4) is 0 Å². The van der Waals surface area contributed by atoms with Crippen molar-refractivity contribution in [3.8, 4) is 0 Å². The van der Waals surface area contributed by atoms with Crippen LogP contribution in [0.15, 0.2) is 60.7 Å². The molecule has 0 nitrogen and oxygen atoms in total. The summed E-state index contributed by atoms with van der Waals surface area (Å²) in [6, 6.07) is 18.8. The summed E-state index contributed by atoms with van der Waals surface area (Å²) in [5.41, 5.74) is 0. The number of halogens is 4. The number of rotatable bonds is 3. The van der Waals surface area contributed by atoms with Gasteiger partial charge in [-0.15, -0.1) is 0 Å². The Kier molecular flexibility index (Phi) is 4.17. The van der Waals surface area contributed by atoms with Gasteiger partial charge in [-0.05, 0) is 0 Å². The van der Waals surface area contributed by atoms with Crippen molar-refractivity contribution in [1.82, 2.24) is 0 Å². The zero-order valence-electron chi connectivity index (χ0n) is 9.31. The van der Waals surface area contributed by atoms with Gasteiger partial charge in [0.1, 0.15) is 0 Å². The molecule has 2 aromatic carbocycles. The van der Waals surface area contributed by atoms with Gasteiger partial charge in [-0.2, -0.15) is 0 Å². The van der Waals surface area contributed by atoms with E-state index in [9.17, 15) is 0 Å². The van der Waals surface area contributed by atoms with Gasteiger partial charge in [0.2, 0.25) is 0 Å². The van der Waals surface area contributed by atoms with E-state index < -0.39 is 9.89 Å². The molecule has 0 aliphatic rings. The number of hydrogen-bond donors (Lipinski definition) is 0. The molecule has 0 saturated heterocycles. The first-order chi connectivity index (χ1) is 8.46. The third-order valence-corrected chi connectivity index (χ3v) is 13.0. The molecule has 0 spiro atoms. The van der Waals surface area contributed by atoms with E-state index in [1.807, 2.05) is 60.7 Å². The van der Waals surface area contributed by atoms with Crippen LogP contribution in [-0.2, 0) is 0 Å². The Morgan fingerprint density at radius 3 is 1.28 bits per heavy atom. The van der Waals surface area contributed by atoms with Gasteiger partial charge in [0.25, 0.3) is 0 Å². The molecule has 0 atom stereocenters. The van der Waals surface area contributed by atoms with Crippen LogP contribution in [0.2, 0.25) is 0 Å². The number of alkyl halides is 2. The van der Waals surface area contributed by atoms with E-state index in [-0.39, 0.29) is 0 Å². The van der Waals surface area contributed by atoms with Crippen LogP contribution in [0.5, 0.6) is 0 Å². The maximum atomic E-state index is 6.81. The Labute approximate surface area is 126 Å². The first kappa shape index (κ1) is 14.4. The van der Waals surface area contributed by atoms with Crippen LogP contribution in [0, 0.1) is 0 Å². The van der Waals surface area contributed by atoms with Gasteiger partial charge in [0, 0.05) is 0 Å². The molecule has 0 unspecified atom stereocenters. The van der Waals surface area contributed by atoms with Gasteiger partial charge in [-0.3, -0.25) is 0 Å². The summed E-state index contributed by atoms with van der Waals surface area (Å²) >= 11 is 25.9. The second-order valence-electron chi connectivity index (χ2n) is 3.92. The molecule has 0 aromatic heterocycles. The average molecular weight is 340 g/mol. The molecule has 0 fully saturated rings. The van der Waals surface area contributed by atoms with Crippen molar-refractivity contribution in [3.05, 3.63) is 60.7 Å². The minimum absolute atomic E-state index is 0.771. The quantitative estimate of drug-likeness (QED) is 0.528. The first-order valence-corrected chi connectivity index (χ1v) is 10.3. The van der Waals surface area contributed by atoms with Gasteiger partial charge in [-0.25, -0.2) is 0 Å². The van der Waals surface area contributed by atoms with E-state index in [1.165, 1.54) is 0 Å². The summed E-state index contributed by atoms with van der Waals surface area (Å²) in [6.45, 7) is 0. The fourth-order valence-corrected chi connectivity index (χ4v) is 6.67. The summed E-state index contributed by atoms with van der Waals surface area (Å²) in [5.74, 6) is 0. The van der Waals surface area contributed by atoms with Crippen LogP contribution in [0.4, 0.5) is 0 Å². The third-order valence-electron chi connectivity index (χ3n) is 2.80. The molecule has 0 aliphatic carbocycles. The van der Waals surface area contributed by atoms with Gasteiger partial charge < -0.3 is 0 Å². The van der Waals surface area contributed by atoms with E-state index in [0.29, 0.717) is 0 Å². The van der Waals surface area contributed by atoms with Crippen LogP contribution in [0.25, 0.3) is 0 Å². The summed E-state index contributed by atoms with van der Waals surface area (Å²) < 4.78 is -0.885. The molecule has 5 heteroatoms. The van der Waals surface area contributed by atoms with Crippen molar-refractivity contribution in [2.75, 3.05) is 0 Å². The monoisotopic (exact) mass is 338 g/mol. The van der Waals surface area contributed by atoms with Gasteiger partial charge in [-0.1, -0.05) is 0 Å². The van der Waals surface area contributed by atoms with Crippen molar-refractivity contribution >= 4 is 61.6 Å². The van der Waals surface area contributed by atoms with Gasteiger partial charge >= 0.3 is 127 Å². The fourth-order valence-electron chi connectivity index (χ4n) is 1.78. The van der Waals surface area contributed by atoms with E-state index in [2.05, 4.69) is 0 Å². The predicted octanol–water partition coefficient (Wildman–Crippen LogP) is 5.26. The fraction of sp³-hybridized carbons (Fsp3) is 0.0769. The third kappa shape index (κ3) is 2.26. The summed E-state index contributed by atoms with van der Waals surface area (Å²) in [6.07, 6.45) is 0. The van der Waals surface area contributed by atoms with Gasteiger partial charge in [0.15, 0.2) is 0 Å². The van der Waals surface area contributed by atoms with Crippen molar-refractivity contribution in [3.63, 3.8) is 0 Å². The molecule has 0 N–H and O–H groups in total. The molecule has 2 aromatic rings. The Morgan fingerprint density at radius 1 is 0.667 bits per heavy atom. The zero-order valence-corrected chi connectivity index (χ0v) is 13.2. The standard InChI is InChI=1S/C13H11Cl4P/c14-13(15)18(16,17,11-7-3-1-4-8-11)12-9-5-2-6-10-12/h1-10,13H. The molecule has 0 heterocycles. The molecule has 0 saturated carbocycles. The Balaban J connectivity index is 2.72. The van der Waals surface area contributed by atoms with Crippen molar-refractivity contribution in [1.29, 1.82) is 0 Å². The molecular weight excluding hydrogens is 329 g/mol. The maximum absolute atomic E-state index is 6.81. The van der Waals surface area contributed by atoms with Crippen LogP contribution in [0.1, 0.15) is 0 Å². The molecule has 96 valence electrons. The molecule has 2 rings (SSSR count). The molecule has 18 heavy (non-hydrogen) atoms. The number of benzene rings is 2. The predicted molar refractivity (Wildman–Crippen MR) is 86.3 cm³/mol. The van der Waals surface area contributed by atoms with Gasteiger partial charge in [0.05, 0.1) is 0 Å². The number of hydrogen-bond acceptors (Lipinski definition) is 0. The van der Waals surface area contributed by atoms with Crippen LogP contribution < -0.4 is 10.6 Å². The normalized spacial score (nSPS) is 14.2. The van der Waals surface area contributed by atoms with E-state index in [0.717, 1.165) is 10.6 Å². The van der Waals surface area contributed by atoms with E-state index in [4.69, 9.17) is 45.7 Å². The SMILES string of the molecule is ClC(Cl)P(Cl)(Cl)(c1ccccc1)c1ccccc1. The molecule has 0 aliphatic heterocycles. The van der Waals surface area contributed by atoms with Crippen LogP contribution in [-0.4, -0.2) is 4.58 Å². The summed E-state index contributed by atoms with van der Waals surface area (Å²) in [4.78, 5) is 0. The zero-order chi connectivity index (χ0) is 13.3. The van der Waals surface area contributed by atoms with Crippen molar-refractivity contribution < 1.29 is 0 Å². The second kappa shape index (κ2) is 5.19. The molecule has 0 radical (unpaired) electrons. The Bertz CT molecular complexity index is 482. The summed E-state index contributed by atoms with van der Waals surface area (Å²) in [7, 11) is 0. The van der Waals surface area contributed by atoms with Crippen LogP contribution >= 0.6 is 51.0 Å². The molecule has 0 bridgehead atoms. The Hall–Kier alpha value is 0.0300. The summed E-state index contributed by atoms with van der Waals surface area (Å²) in [5, 5.41) is -2.05. The Morgan fingerprint density at radius 2 is 1.00 bits per heavy atom. The first-order valence-electron chi connectivity index (χ1n) is 5.30. The average Bonchev–Trinajstić information content (AvgIpc) is 2.41. The van der Waals surface area contributed by atoms with Crippen molar-refractivity contribution in [2.24, 2.45) is 0 Å². The second-order valence-corrected chi connectivity index (χ2v) is 13.8.